The van der Waals surface area contributed by atoms with Gasteiger partial charge in [-0.2, -0.15) is 0 Å². The van der Waals surface area contributed by atoms with Gasteiger partial charge < -0.3 is 14.6 Å². The van der Waals surface area contributed by atoms with Gasteiger partial charge in [0, 0.05) is 5.69 Å². The number of carbonyl (C=O) groups is 1. The number of benzene rings is 2. The number of anilines is 1. The molecule has 0 saturated carbocycles. The van der Waals surface area contributed by atoms with E-state index in [1.807, 2.05) is 0 Å². The van der Waals surface area contributed by atoms with Gasteiger partial charge >= 0.3 is 12.3 Å². The highest BCUT2D eigenvalue weighted by Gasteiger charge is 2.31. The summed E-state index contributed by atoms with van der Waals surface area (Å²) < 4.78 is 72.5. The van der Waals surface area contributed by atoms with Crippen LogP contribution in [0, 0.1) is 0 Å². The third-order valence-corrected chi connectivity index (χ3v) is 4.62. The first-order valence-corrected chi connectivity index (χ1v) is 8.76. The first-order chi connectivity index (χ1) is 12.5. The summed E-state index contributed by atoms with van der Waals surface area (Å²) in [5.74, 6) is -1.67. The molecular formula is C16H14F3NO6S. The lowest BCUT2D eigenvalue weighted by Gasteiger charge is -2.13. The molecule has 7 nitrogen and oxygen atoms in total. The van der Waals surface area contributed by atoms with Crippen LogP contribution in [-0.4, -0.2) is 33.0 Å². The molecule has 0 atom stereocenters. The number of hydrogen-bond donors (Lipinski definition) is 2. The van der Waals surface area contributed by atoms with Crippen LogP contribution in [0.25, 0.3) is 0 Å². The number of aliphatic carboxylic acids is 1. The zero-order chi connectivity index (χ0) is 20.2. The lowest BCUT2D eigenvalue weighted by molar-refractivity contribution is -0.274. The fourth-order valence-corrected chi connectivity index (χ4v) is 3.43. The maximum absolute atomic E-state index is 12.6. The Morgan fingerprint density at radius 2 is 1.78 bits per heavy atom. The second kappa shape index (κ2) is 7.74. The van der Waals surface area contributed by atoms with Crippen LogP contribution in [0.15, 0.2) is 47.4 Å². The lowest BCUT2D eigenvalue weighted by atomic mass is 10.1. The number of carboxylic acid groups (broad SMARTS) is 1. The fraction of sp³-hybridized carbons (Fsp3) is 0.188. The number of halogens is 3. The number of alkyl halides is 3. The average Bonchev–Trinajstić information content (AvgIpc) is 2.54. The Morgan fingerprint density at radius 3 is 2.30 bits per heavy atom. The summed E-state index contributed by atoms with van der Waals surface area (Å²) >= 11 is 0. The van der Waals surface area contributed by atoms with Crippen molar-refractivity contribution in [2.24, 2.45) is 0 Å². The molecule has 27 heavy (non-hydrogen) atoms. The Kier molecular flexibility index (Phi) is 5.84. The molecule has 0 spiro atoms. The maximum atomic E-state index is 12.6. The van der Waals surface area contributed by atoms with Crippen LogP contribution in [0.4, 0.5) is 18.9 Å². The molecule has 0 aromatic heterocycles. The second-order valence-electron chi connectivity index (χ2n) is 5.23. The Bertz CT molecular complexity index is 926. The predicted molar refractivity (Wildman–Crippen MR) is 88.3 cm³/mol. The second-order valence-corrected chi connectivity index (χ2v) is 6.88. The van der Waals surface area contributed by atoms with E-state index in [2.05, 4.69) is 9.46 Å². The Labute approximate surface area is 152 Å². The number of ether oxygens (including phenoxy) is 2. The van der Waals surface area contributed by atoms with Crippen LogP contribution < -0.4 is 14.2 Å². The smallest absolute Gasteiger partial charge is 0.495 e. The molecule has 0 heterocycles. The van der Waals surface area contributed by atoms with E-state index in [-0.39, 0.29) is 21.9 Å². The summed E-state index contributed by atoms with van der Waals surface area (Å²) in [6.07, 6.45) is -5.25. The van der Waals surface area contributed by atoms with E-state index in [0.29, 0.717) is 0 Å². The number of nitrogens with one attached hydrogen (secondary N) is 1. The number of methoxy groups -OCH3 is 1. The lowest BCUT2D eigenvalue weighted by Crippen LogP contribution is -2.17. The summed E-state index contributed by atoms with van der Waals surface area (Å²) in [6.45, 7) is 0. The SMILES string of the molecule is COc1ccc(CC(=O)O)cc1S(=O)(=O)Nc1ccc(OC(F)(F)F)cc1. The molecule has 0 unspecified atom stereocenters. The molecular weight excluding hydrogens is 391 g/mol. The molecule has 0 radical (unpaired) electrons. The van der Waals surface area contributed by atoms with Gasteiger partial charge in [0.25, 0.3) is 10.0 Å². The molecule has 146 valence electrons. The van der Waals surface area contributed by atoms with Gasteiger partial charge in [0.2, 0.25) is 0 Å². The van der Waals surface area contributed by atoms with Crippen LogP contribution in [0.1, 0.15) is 5.56 Å². The van der Waals surface area contributed by atoms with Gasteiger partial charge in [-0.1, -0.05) is 6.07 Å². The molecule has 0 aliphatic rings. The maximum Gasteiger partial charge on any atom is 0.573 e. The molecule has 0 saturated heterocycles. The first kappa shape index (κ1) is 20.4. The first-order valence-electron chi connectivity index (χ1n) is 7.27. The zero-order valence-corrected chi connectivity index (χ0v) is 14.6. The van der Waals surface area contributed by atoms with Crippen molar-refractivity contribution in [2.45, 2.75) is 17.7 Å². The van der Waals surface area contributed by atoms with Crippen molar-refractivity contribution in [1.29, 1.82) is 0 Å². The standard InChI is InChI=1S/C16H14F3NO6S/c1-25-13-7-2-10(9-15(21)22)8-14(13)27(23,24)20-11-3-5-12(6-4-11)26-16(17,18)19/h2-8,20H,9H2,1H3,(H,21,22). The molecule has 0 bridgehead atoms. The molecule has 11 heteroatoms. The van der Waals surface area contributed by atoms with Crippen LogP contribution >= 0.6 is 0 Å². The highest BCUT2D eigenvalue weighted by atomic mass is 32.2. The molecule has 2 rings (SSSR count). The van der Waals surface area contributed by atoms with Gasteiger partial charge in [-0.15, -0.1) is 13.2 Å². The summed E-state index contributed by atoms with van der Waals surface area (Å²) in [5.41, 5.74) is 0.216. The minimum Gasteiger partial charge on any atom is -0.495 e. The summed E-state index contributed by atoms with van der Waals surface area (Å²) in [7, 11) is -2.95. The Morgan fingerprint density at radius 1 is 1.15 bits per heavy atom. The number of carboxylic acids is 1. The van der Waals surface area contributed by atoms with E-state index < -0.39 is 34.5 Å². The minimum atomic E-state index is -4.86. The van der Waals surface area contributed by atoms with E-state index in [1.54, 1.807) is 0 Å². The van der Waals surface area contributed by atoms with Gasteiger partial charge in [-0.3, -0.25) is 9.52 Å². The van der Waals surface area contributed by atoms with Crippen LogP contribution in [0.2, 0.25) is 0 Å². The van der Waals surface area contributed by atoms with Crippen LogP contribution in [0.5, 0.6) is 11.5 Å². The van der Waals surface area contributed by atoms with Gasteiger partial charge in [0.15, 0.2) is 0 Å². The van der Waals surface area contributed by atoms with Crippen LogP contribution in [-0.2, 0) is 21.2 Å². The molecule has 0 fully saturated rings. The van der Waals surface area contributed by atoms with Crippen molar-refractivity contribution in [3.63, 3.8) is 0 Å². The third kappa shape index (κ3) is 5.78. The third-order valence-electron chi connectivity index (χ3n) is 3.21. The van der Waals surface area contributed by atoms with Crippen molar-refractivity contribution >= 4 is 21.7 Å². The molecule has 2 aromatic rings. The molecule has 2 N–H and O–H groups in total. The van der Waals surface area contributed by atoms with E-state index in [0.717, 1.165) is 30.3 Å². The quantitative estimate of drug-likeness (QED) is 0.734. The van der Waals surface area contributed by atoms with E-state index in [9.17, 15) is 26.4 Å². The molecule has 0 amide bonds. The molecule has 2 aromatic carbocycles. The summed E-state index contributed by atoms with van der Waals surface area (Å²) in [4.78, 5) is 10.5. The predicted octanol–water partition coefficient (Wildman–Crippen LogP) is 3.02. The van der Waals surface area contributed by atoms with Crippen molar-refractivity contribution in [1.82, 2.24) is 0 Å². The van der Waals surface area contributed by atoms with Crippen LogP contribution in [0.3, 0.4) is 0 Å². The highest BCUT2D eigenvalue weighted by Crippen LogP contribution is 2.29. The highest BCUT2D eigenvalue weighted by molar-refractivity contribution is 7.92. The Hall–Kier alpha value is -2.95. The van der Waals surface area contributed by atoms with Gasteiger partial charge in [0.1, 0.15) is 16.4 Å². The van der Waals surface area contributed by atoms with Crippen molar-refractivity contribution in [3.8, 4) is 11.5 Å². The van der Waals surface area contributed by atoms with Crippen molar-refractivity contribution < 1.29 is 41.0 Å². The summed E-state index contributed by atoms with van der Waals surface area (Å²) in [5, 5.41) is 8.84. The number of hydrogen-bond acceptors (Lipinski definition) is 5. The number of sulfonamides is 1. The van der Waals surface area contributed by atoms with Crippen molar-refractivity contribution in [2.75, 3.05) is 11.8 Å². The summed E-state index contributed by atoms with van der Waals surface area (Å²) in [6, 6.07) is 7.95. The zero-order valence-electron chi connectivity index (χ0n) is 13.8. The van der Waals surface area contributed by atoms with E-state index >= 15 is 0 Å². The number of rotatable bonds is 7. The Balaban J connectivity index is 2.29. The van der Waals surface area contributed by atoms with Gasteiger partial charge in [-0.25, -0.2) is 8.42 Å². The topological polar surface area (TPSA) is 102 Å². The normalized spacial score (nSPS) is 11.7. The average molecular weight is 405 g/mol. The molecule has 0 aliphatic heterocycles. The largest absolute Gasteiger partial charge is 0.573 e. The minimum absolute atomic E-state index is 0.0183. The monoisotopic (exact) mass is 405 g/mol. The van der Waals surface area contributed by atoms with E-state index in [1.165, 1.54) is 19.2 Å². The fourth-order valence-electron chi connectivity index (χ4n) is 2.15. The molecule has 0 aliphatic carbocycles. The van der Waals surface area contributed by atoms with Crippen molar-refractivity contribution in [3.05, 3.63) is 48.0 Å². The van der Waals surface area contributed by atoms with E-state index in [4.69, 9.17) is 9.84 Å². The van der Waals surface area contributed by atoms with Gasteiger partial charge in [-0.05, 0) is 42.0 Å². The van der Waals surface area contributed by atoms with Gasteiger partial charge in [0.05, 0.1) is 13.5 Å².